The number of fused-ring (bicyclic) bond motifs is 1. The van der Waals surface area contributed by atoms with Gasteiger partial charge in [0.05, 0.1) is 24.8 Å². The molecule has 2 heterocycles. The van der Waals surface area contributed by atoms with Gasteiger partial charge in [0.1, 0.15) is 11.5 Å². The van der Waals surface area contributed by atoms with Gasteiger partial charge in [-0.3, -0.25) is 9.59 Å². The lowest BCUT2D eigenvalue weighted by atomic mass is 9.86. The molecule has 4 aromatic carbocycles. The van der Waals surface area contributed by atoms with E-state index >= 15 is 0 Å². The molecule has 12 heteroatoms. The van der Waals surface area contributed by atoms with Crippen molar-refractivity contribution in [2.45, 2.75) is 37.5 Å². The highest BCUT2D eigenvalue weighted by Crippen LogP contribution is 2.34. The zero-order chi connectivity index (χ0) is 38.8. The molecule has 288 valence electrons. The van der Waals surface area contributed by atoms with E-state index in [0.717, 1.165) is 31.5 Å². The second kappa shape index (κ2) is 18.2. The minimum Gasteiger partial charge on any atom is -0.506 e. The SMILES string of the molecule is CN1CCC(COC(=O)[C@](O)(c2ccccc2)c2cccc(OCCCNC(=O)c3ccc(CNC[C@H](O)c4ccc(O)c5[nH]c(=O)ccc45)cc3)c2)CC1. The summed E-state index contributed by atoms with van der Waals surface area (Å²) in [7, 11) is 2.08. The molecule has 0 saturated carbocycles. The number of esters is 1. The second-order valence-corrected chi connectivity index (χ2v) is 14.0. The van der Waals surface area contributed by atoms with E-state index in [2.05, 4.69) is 27.6 Å². The highest BCUT2D eigenvalue weighted by molar-refractivity contribution is 5.94. The smallest absolute Gasteiger partial charge is 0.347 e. The van der Waals surface area contributed by atoms with E-state index in [1.807, 2.05) is 18.2 Å². The number of phenolic OH excluding ortho intramolecular Hbond substituents is 1. The van der Waals surface area contributed by atoms with Gasteiger partial charge in [0.2, 0.25) is 11.2 Å². The number of likely N-dealkylation sites (tertiary alicyclic amines) is 1. The number of carbonyl (C=O) groups excluding carboxylic acids is 2. The summed E-state index contributed by atoms with van der Waals surface area (Å²) >= 11 is 0. The fourth-order valence-electron chi connectivity index (χ4n) is 6.77. The summed E-state index contributed by atoms with van der Waals surface area (Å²) < 4.78 is 11.7. The predicted molar refractivity (Wildman–Crippen MR) is 209 cm³/mol. The minimum atomic E-state index is -2.01. The van der Waals surface area contributed by atoms with Gasteiger partial charge < -0.3 is 45.3 Å². The normalized spacial score (nSPS) is 15.3. The Morgan fingerprint density at radius 3 is 2.45 bits per heavy atom. The number of aliphatic hydroxyl groups is 2. The molecule has 0 unspecified atom stereocenters. The summed E-state index contributed by atoms with van der Waals surface area (Å²) in [5.41, 5.74) is 0.679. The number of phenols is 1. The Bertz CT molecular complexity index is 2120. The molecule has 0 aliphatic carbocycles. The number of aromatic amines is 1. The molecular weight excluding hydrogens is 700 g/mol. The number of amides is 1. The summed E-state index contributed by atoms with van der Waals surface area (Å²) in [6.45, 7) is 3.49. The molecule has 0 spiro atoms. The Hall–Kier alpha value is -5.53. The summed E-state index contributed by atoms with van der Waals surface area (Å²) in [5, 5.41) is 39.5. The maximum absolute atomic E-state index is 13.6. The zero-order valence-electron chi connectivity index (χ0n) is 30.9. The third-order valence-corrected chi connectivity index (χ3v) is 10.1. The van der Waals surface area contributed by atoms with Gasteiger partial charge in [0, 0.05) is 42.2 Å². The molecule has 1 fully saturated rings. The number of rotatable bonds is 16. The van der Waals surface area contributed by atoms with Gasteiger partial charge in [0.25, 0.3) is 5.91 Å². The number of H-pyrrole nitrogens is 1. The second-order valence-electron chi connectivity index (χ2n) is 14.0. The molecule has 1 aromatic heterocycles. The summed E-state index contributed by atoms with van der Waals surface area (Å²) in [6, 6.07) is 28.8. The van der Waals surface area contributed by atoms with Gasteiger partial charge in [-0.1, -0.05) is 60.7 Å². The Morgan fingerprint density at radius 2 is 1.69 bits per heavy atom. The number of ether oxygens (including phenoxy) is 2. The van der Waals surface area contributed by atoms with E-state index < -0.39 is 17.7 Å². The number of nitrogens with one attached hydrogen (secondary N) is 3. The number of aromatic hydroxyl groups is 1. The average Bonchev–Trinajstić information content (AvgIpc) is 3.21. The highest BCUT2D eigenvalue weighted by atomic mass is 16.5. The van der Waals surface area contributed by atoms with Crippen molar-refractivity contribution >= 4 is 22.8 Å². The van der Waals surface area contributed by atoms with E-state index in [-0.39, 0.29) is 41.8 Å². The molecule has 6 N–H and O–H groups in total. The average molecular weight is 749 g/mol. The molecule has 1 aliphatic rings. The van der Waals surface area contributed by atoms with Crippen molar-refractivity contribution in [1.82, 2.24) is 20.5 Å². The standard InChI is InChI=1S/C43H48N4O8/c1-47-22-19-30(20-23-47)28-55-42(52)43(53,32-7-3-2-4-8-32)33-9-5-10-34(25-33)54-24-6-21-45-41(51)31-13-11-29(12-14-31)26-44-27-38(49)35-15-17-37(48)40-36(35)16-18-39(50)46-40/h2-5,7-18,25,30,38,44,48-49,53H,6,19-24,26-28H2,1H3,(H,45,51)(H,46,50)/t38-,43-/m0/s1. The number of aromatic nitrogens is 1. The first-order valence-electron chi connectivity index (χ1n) is 18.6. The van der Waals surface area contributed by atoms with Crippen LogP contribution in [0.4, 0.5) is 0 Å². The first kappa shape index (κ1) is 39.2. The summed E-state index contributed by atoms with van der Waals surface area (Å²) in [5.74, 6) is -0.281. The van der Waals surface area contributed by atoms with Crippen molar-refractivity contribution < 1.29 is 34.4 Å². The molecule has 6 rings (SSSR count). The number of nitrogens with zero attached hydrogens (tertiary/aromatic N) is 1. The molecule has 1 saturated heterocycles. The van der Waals surface area contributed by atoms with Crippen LogP contribution in [0, 0.1) is 5.92 Å². The van der Waals surface area contributed by atoms with Crippen LogP contribution < -0.4 is 20.9 Å². The summed E-state index contributed by atoms with van der Waals surface area (Å²) in [4.78, 5) is 42.9. The van der Waals surface area contributed by atoms with Crippen molar-refractivity contribution in [3.8, 4) is 11.5 Å². The topological polar surface area (TPSA) is 173 Å². The molecule has 2 atom stereocenters. The van der Waals surface area contributed by atoms with Crippen LogP contribution in [0.3, 0.4) is 0 Å². The molecule has 12 nitrogen and oxygen atoms in total. The van der Waals surface area contributed by atoms with Crippen LogP contribution in [0.5, 0.6) is 11.5 Å². The van der Waals surface area contributed by atoms with Crippen LogP contribution in [-0.4, -0.2) is 83.5 Å². The van der Waals surface area contributed by atoms with E-state index in [4.69, 9.17) is 9.47 Å². The Balaban J connectivity index is 0.957. The van der Waals surface area contributed by atoms with Crippen LogP contribution in [0.25, 0.3) is 10.9 Å². The van der Waals surface area contributed by atoms with Gasteiger partial charge in [-0.05, 0) is 98.4 Å². The van der Waals surface area contributed by atoms with Gasteiger partial charge in [-0.2, -0.15) is 0 Å². The molecule has 5 aromatic rings. The Kier molecular flexibility index (Phi) is 13.0. The zero-order valence-corrected chi connectivity index (χ0v) is 30.9. The van der Waals surface area contributed by atoms with Gasteiger partial charge >= 0.3 is 5.97 Å². The number of pyridine rings is 1. The lowest BCUT2D eigenvalue weighted by Gasteiger charge is -2.31. The summed E-state index contributed by atoms with van der Waals surface area (Å²) in [6.07, 6.45) is 1.51. The quantitative estimate of drug-likeness (QED) is 0.0629. The fraction of sp³-hybridized carbons (Fsp3) is 0.326. The molecule has 55 heavy (non-hydrogen) atoms. The van der Waals surface area contributed by atoms with E-state index in [1.54, 1.807) is 72.8 Å². The first-order chi connectivity index (χ1) is 26.6. The van der Waals surface area contributed by atoms with Gasteiger partial charge in [-0.25, -0.2) is 4.79 Å². The van der Waals surface area contributed by atoms with E-state index in [9.17, 15) is 29.7 Å². The third kappa shape index (κ3) is 9.78. The van der Waals surface area contributed by atoms with Crippen molar-refractivity contribution in [3.05, 3.63) is 141 Å². The van der Waals surface area contributed by atoms with Crippen molar-refractivity contribution in [3.63, 3.8) is 0 Å². The Labute approximate surface area is 319 Å². The van der Waals surface area contributed by atoms with E-state index in [1.165, 1.54) is 12.1 Å². The lowest BCUT2D eigenvalue weighted by Crippen LogP contribution is -2.40. The predicted octanol–water partition coefficient (Wildman–Crippen LogP) is 4.38. The maximum Gasteiger partial charge on any atom is 0.347 e. The number of carbonyl (C=O) groups is 2. The molecular formula is C43H48N4O8. The van der Waals surface area contributed by atoms with Crippen LogP contribution in [0.2, 0.25) is 0 Å². The Morgan fingerprint density at radius 1 is 0.945 bits per heavy atom. The number of benzene rings is 4. The van der Waals surface area contributed by atoms with Crippen molar-refractivity contribution in [1.29, 1.82) is 0 Å². The van der Waals surface area contributed by atoms with Gasteiger partial charge in [-0.15, -0.1) is 0 Å². The number of hydrogen-bond donors (Lipinski definition) is 6. The van der Waals surface area contributed by atoms with Crippen molar-refractivity contribution in [2.24, 2.45) is 5.92 Å². The maximum atomic E-state index is 13.6. The third-order valence-electron chi connectivity index (χ3n) is 10.1. The van der Waals surface area contributed by atoms with Crippen LogP contribution in [-0.2, 0) is 21.7 Å². The monoisotopic (exact) mass is 748 g/mol. The van der Waals surface area contributed by atoms with Crippen LogP contribution in [0.1, 0.15) is 58.0 Å². The number of piperidine rings is 1. The largest absolute Gasteiger partial charge is 0.506 e. The van der Waals surface area contributed by atoms with Gasteiger partial charge in [0.15, 0.2) is 0 Å². The highest BCUT2D eigenvalue weighted by Gasteiger charge is 2.42. The molecule has 0 radical (unpaired) electrons. The molecule has 1 amide bonds. The minimum absolute atomic E-state index is 0.0660. The van der Waals surface area contributed by atoms with E-state index in [0.29, 0.717) is 59.5 Å². The molecule has 0 bridgehead atoms. The molecule has 1 aliphatic heterocycles. The number of hydrogen-bond acceptors (Lipinski definition) is 10. The van der Waals surface area contributed by atoms with Crippen molar-refractivity contribution in [2.75, 3.05) is 46.4 Å². The van der Waals surface area contributed by atoms with Crippen LogP contribution >= 0.6 is 0 Å². The van der Waals surface area contributed by atoms with Crippen LogP contribution in [0.15, 0.2) is 108 Å². The number of aliphatic hydroxyl groups excluding tert-OH is 1. The lowest BCUT2D eigenvalue weighted by molar-refractivity contribution is -0.164. The first-order valence-corrected chi connectivity index (χ1v) is 18.6. The fourth-order valence-corrected chi connectivity index (χ4v) is 6.77.